The highest BCUT2D eigenvalue weighted by atomic mass is 35.5. The number of carboxylic acid groups (broad SMARTS) is 1. The molecule has 0 fully saturated rings. The number of aromatic nitrogens is 1. The number of anilines is 1. The van der Waals surface area contributed by atoms with Gasteiger partial charge in [0.05, 0.1) is 10.6 Å². The molecule has 6 heteroatoms. The van der Waals surface area contributed by atoms with Gasteiger partial charge in [-0.2, -0.15) is 0 Å². The number of unbranched alkanes of at least 4 members (excludes halogenated alkanes) is 1. The number of hydrogen-bond donors (Lipinski definition) is 2. The van der Waals surface area contributed by atoms with Crippen LogP contribution in [0.2, 0.25) is 5.02 Å². The van der Waals surface area contributed by atoms with Crippen LogP contribution in [0.5, 0.6) is 0 Å². The van der Waals surface area contributed by atoms with Crippen LogP contribution in [0.1, 0.15) is 23.2 Å². The summed E-state index contributed by atoms with van der Waals surface area (Å²) in [6.07, 6.45) is 3.49. The molecule has 0 aliphatic heterocycles. The summed E-state index contributed by atoms with van der Waals surface area (Å²) in [5.41, 5.74) is 0.0717. The molecule has 0 radical (unpaired) electrons. The van der Waals surface area contributed by atoms with E-state index in [9.17, 15) is 4.79 Å². The molecule has 1 aromatic rings. The van der Waals surface area contributed by atoms with Gasteiger partial charge < -0.3 is 15.3 Å². The van der Waals surface area contributed by atoms with Crippen LogP contribution in [-0.4, -0.2) is 48.1 Å². The molecule has 2 N–H and O–H groups in total. The predicted octanol–water partition coefficient (Wildman–Crippen LogP) is 2.19. The lowest BCUT2D eigenvalue weighted by Crippen LogP contribution is -2.14. The summed E-state index contributed by atoms with van der Waals surface area (Å²) in [5, 5.41) is 12.1. The molecule has 0 unspecified atom stereocenters. The molecule has 1 aromatic heterocycles. The van der Waals surface area contributed by atoms with E-state index >= 15 is 0 Å². The number of carbonyl (C=O) groups is 1. The summed E-state index contributed by atoms with van der Waals surface area (Å²) < 4.78 is 0. The maximum atomic E-state index is 10.9. The Balaban J connectivity index is 2.48. The van der Waals surface area contributed by atoms with Crippen molar-refractivity contribution < 1.29 is 9.90 Å². The molecular formula is C12H18ClN3O2. The Hall–Kier alpha value is -1.33. The molecule has 1 rings (SSSR count). The van der Waals surface area contributed by atoms with Gasteiger partial charge in [-0.1, -0.05) is 11.6 Å². The molecule has 0 aromatic carbocycles. The van der Waals surface area contributed by atoms with Gasteiger partial charge in [-0.25, -0.2) is 9.78 Å². The fourth-order valence-electron chi connectivity index (χ4n) is 1.49. The molecule has 1 heterocycles. The monoisotopic (exact) mass is 271 g/mol. The summed E-state index contributed by atoms with van der Waals surface area (Å²) in [7, 11) is 4.06. The van der Waals surface area contributed by atoms with Gasteiger partial charge in [0.15, 0.2) is 0 Å². The zero-order valence-electron chi connectivity index (χ0n) is 10.6. The predicted molar refractivity (Wildman–Crippen MR) is 72.5 cm³/mol. The molecular weight excluding hydrogens is 254 g/mol. The first-order valence-corrected chi connectivity index (χ1v) is 6.16. The number of nitrogens with one attached hydrogen (secondary N) is 1. The molecule has 0 spiro atoms. The molecule has 0 aliphatic carbocycles. The van der Waals surface area contributed by atoms with Crippen LogP contribution >= 0.6 is 11.6 Å². The van der Waals surface area contributed by atoms with Crippen molar-refractivity contribution in [3.63, 3.8) is 0 Å². The summed E-state index contributed by atoms with van der Waals surface area (Å²) in [6.45, 7) is 1.75. The second-order valence-corrected chi connectivity index (χ2v) is 4.64. The summed E-state index contributed by atoms with van der Waals surface area (Å²) in [5.74, 6) is -0.612. The zero-order chi connectivity index (χ0) is 13.5. The molecule has 0 saturated carbocycles. The minimum atomic E-state index is -1.04. The first-order valence-electron chi connectivity index (χ1n) is 5.78. The van der Waals surface area contributed by atoms with E-state index in [1.807, 2.05) is 14.1 Å². The highest BCUT2D eigenvalue weighted by molar-refractivity contribution is 6.35. The minimum Gasteiger partial charge on any atom is -0.478 e. The average molecular weight is 272 g/mol. The highest BCUT2D eigenvalue weighted by Gasteiger charge is 2.12. The van der Waals surface area contributed by atoms with E-state index in [1.165, 1.54) is 12.3 Å². The van der Waals surface area contributed by atoms with Crippen molar-refractivity contribution in [1.29, 1.82) is 0 Å². The minimum absolute atomic E-state index is 0.0717. The van der Waals surface area contributed by atoms with Crippen molar-refractivity contribution in [1.82, 2.24) is 9.88 Å². The molecule has 100 valence electrons. The third kappa shape index (κ3) is 4.50. The number of carboxylic acids is 1. The van der Waals surface area contributed by atoms with Crippen molar-refractivity contribution >= 4 is 23.4 Å². The number of nitrogens with zero attached hydrogens (tertiary/aromatic N) is 2. The molecule has 5 nitrogen and oxygen atoms in total. The average Bonchev–Trinajstić information content (AvgIpc) is 2.30. The summed E-state index contributed by atoms with van der Waals surface area (Å²) >= 11 is 5.95. The van der Waals surface area contributed by atoms with Crippen LogP contribution in [0, 0.1) is 0 Å². The maximum absolute atomic E-state index is 10.9. The second-order valence-electron chi connectivity index (χ2n) is 4.26. The summed E-state index contributed by atoms with van der Waals surface area (Å²) in [6, 6.07) is 1.39. The topological polar surface area (TPSA) is 65.5 Å². The normalized spacial score (nSPS) is 10.7. The zero-order valence-corrected chi connectivity index (χ0v) is 11.4. The molecule has 18 heavy (non-hydrogen) atoms. The van der Waals surface area contributed by atoms with Crippen LogP contribution < -0.4 is 5.32 Å². The second kappa shape index (κ2) is 7.18. The first-order chi connectivity index (χ1) is 8.52. The fraction of sp³-hybridized carbons (Fsp3) is 0.500. The molecule has 0 aliphatic rings. The van der Waals surface area contributed by atoms with E-state index in [2.05, 4.69) is 15.2 Å². The largest absolute Gasteiger partial charge is 0.478 e. The fourth-order valence-corrected chi connectivity index (χ4v) is 1.75. The van der Waals surface area contributed by atoms with Gasteiger partial charge >= 0.3 is 5.97 Å². The summed E-state index contributed by atoms with van der Waals surface area (Å²) in [4.78, 5) is 17.0. The Bertz CT molecular complexity index is 410. The smallest absolute Gasteiger partial charge is 0.337 e. The van der Waals surface area contributed by atoms with Gasteiger partial charge in [0.25, 0.3) is 0 Å². The quantitative estimate of drug-likeness (QED) is 0.744. The number of halogens is 1. The van der Waals surface area contributed by atoms with E-state index in [1.54, 1.807) is 0 Å². The van der Waals surface area contributed by atoms with Crippen molar-refractivity contribution in [3.05, 3.63) is 22.8 Å². The lowest BCUT2D eigenvalue weighted by Gasteiger charge is -2.11. The van der Waals surface area contributed by atoms with Crippen molar-refractivity contribution in [2.45, 2.75) is 12.8 Å². The van der Waals surface area contributed by atoms with Gasteiger partial charge in [0.2, 0.25) is 0 Å². The highest BCUT2D eigenvalue weighted by Crippen LogP contribution is 2.23. The van der Waals surface area contributed by atoms with Gasteiger partial charge in [-0.05, 0) is 39.5 Å². The number of hydrogen-bond acceptors (Lipinski definition) is 4. The van der Waals surface area contributed by atoms with Crippen molar-refractivity contribution in [2.24, 2.45) is 0 Å². The number of aromatic carboxylic acids is 1. The lowest BCUT2D eigenvalue weighted by molar-refractivity contribution is 0.0697. The van der Waals surface area contributed by atoms with E-state index in [4.69, 9.17) is 16.7 Å². The van der Waals surface area contributed by atoms with E-state index in [0.717, 1.165) is 25.9 Å². The van der Waals surface area contributed by atoms with Gasteiger partial charge in [-0.3, -0.25) is 0 Å². The van der Waals surface area contributed by atoms with Crippen molar-refractivity contribution in [2.75, 3.05) is 32.5 Å². The van der Waals surface area contributed by atoms with Crippen LogP contribution in [0.4, 0.5) is 5.82 Å². The Kier molecular flexibility index (Phi) is 5.88. The Labute approximate surface area is 112 Å². The van der Waals surface area contributed by atoms with Crippen molar-refractivity contribution in [3.8, 4) is 0 Å². The Morgan fingerprint density at radius 2 is 2.22 bits per heavy atom. The van der Waals surface area contributed by atoms with Crippen LogP contribution in [-0.2, 0) is 0 Å². The van der Waals surface area contributed by atoms with Crippen LogP contribution in [0.15, 0.2) is 12.3 Å². The Morgan fingerprint density at radius 3 is 2.83 bits per heavy atom. The molecule has 0 atom stereocenters. The van der Waals surface area contributed by atoms with Crippen LogP contribution in [0.25, 0.3) is 0 Å². The van der Waals surface area contributed by atoms with Gasteiger partial charge in [0, 0.05) is 12.7 Å². The third-order valence-electron chi connectivity index (χ3n) is 2.44. The van der Waals surface area contributed by atoms with Crippen LogP contribution in [0.3, 0.4) is 0 Å². The van der Waals surface area contributed by atoms with E-state index in [-0.39, 0.29) is 10.6 Å². The van der Waals surface area contributed by atoms with E-state index < -0.39 is 5.97 Å². The standard InChI is InChI=1S/C12H18ClN3O2/c1-16(2)8-4-3-6-14-11-10(13)9(12(17)18)5-7-15-11/h5,7H,3-4,6,8H2,1-2H3,(H,14,15)(H,17,18). The SMILES string of the molecule is CN(C)CCCCNc1nccc(C(=O)O)c1Cl. The van der Waals surface area contributed by atoms with Gasteiger partial charge in [-0.15, -0.1) is 0 Å². The number of rotatable bonds is 7. The first kappa shape index (κ1) is 14.7. The third-order valence-corrected chi connectivity index (χ3v) is 2.83. The maximum Gasteiger partial charge on any atom is 0.337 e. The Morgan fingerprint density at radius 1 is 1.50 bits per heavy atom. The molecule has 0 bridgehead atoms. The molecule has 0 saturated heterocycles. The number of pyridine rings is 1. The van der Waals surface area contributed by atoms with Gasteiger partial charge in [0.1, 0.15) is 5.82 Å². The lowest BCUT2D eigenvalue weighted by atomic mass is 10.2. The molecule has 0 amide bonds. The van der Waals surface area contributed by atoms with E-state index in [0.29, 0.717) is 5.82 Å².